The first kappa shape index (κ1) is 24.0. The Balaban J connectivity index is 1.71. The lowest BCUT2D eigenvalue weighted by molar-refractivity contribution is 0.102. The van der Waals surface area contributed by atoms with Gasteiger partial charge in [0.15, 0.2) is 0 Å². The summed E-state index contributed by atoms with van der Waals surface area (Å²) in [4.78, 5) is 13.8. The first-order chi connectivity index (χ1) is 15.4. The Hall–Kier alpha value is -2.69. The second-order valence-corrected chi connectivity index (χ2v) is 9.79. The fourth-order valence-corrected chi connectivity index (χ4v) is 4.97. The van der Waals surface area contributed by atoms with Crippen LogP contribution in [0.1, 0.15) is 37.0 Å². The molecule has 0 atom stereocenters. The van der Waals surface area contributed by atoms with Gasteiger partial charge >= 0.3 is 6.01 Å². The molecule has 0 saturated heterocycles. The number of benzene rings is 2. The Morgan fingerprint density at radius 2 is 1.88 bits per heavy atom. The van der Waals surface area contributed by atoms with Gasteiger partial charge in [-0.05, 0) is 55.1 Å². The maximum absolute atomic E-state index is 12.8. The number of carbonyl (C=O) groups excluding carboxylic acids is 1. The standard InChI is InChI=1S/C22H26N4O4S2/c1-4-6-14-26(5-2)32(28,29)19-12-10-16(11-13-19)20(27)23-22-25-24-21(30-22)17-8-7-9-18(15-17)31-3/h7-13,15H,4-6,14H2,1-3H3,(H,23,25,27). The van der Waals surface area contributed by atoms with Gasteiger partial charge in [0.2, 0.25) is 15.9 Å². The van der Waals surface area contributed by atoms with Crippen LogP contribution in [0.25, 0.3) is 11.5 Å². The zero-order valence-corrected chi connectivity index (χ0v) is 19.9. The monoisotopic (exact) mass is 474 g/mol. The molecule has 0 bridgehead atoms. The van der Waals surface area contributed by atoms with Gasteiger partial charge in [0.1, 0.15) is 0 Å². The number of unbranched alkanes of at least 4 members (excludes halogenated alkanes) is 1. The summed E-state index contributed by atoms with van der Waals surface area (Å²) in [6.45, 7) is 4.69. The number of sulfonamides is 1. The Morgan fingerprint density at radius 1 is 1.12 bits per heavy atom. The molecule has 0 aliphatic rings. The van der Waals surface area contributed by atoms with Crippen LogP contribution in [0.5, 0.6) is 0 Å². The third-order valence-corrected chi connectivity index (χ3v) is 7.54. The Bertz CT molecular complexity index is 1160. The SMILES string of the molecule is CCCCN(CC)S(=O)(=O)c1ccc(C(=O)Nc2nnc(-c3cccc(SC)c3)o2)cc1. The van der Waals surface area contributed by atoms with Gasteiger partial charge in [-0.25, -0.2) is 8.42 Å². The molecule has 0 saturated carbocycles. The van der Waals surface area contributed by atoms with Gasteiger partial charge < -0.3 is 4.42 Å². The molecule has 1 heterocycles. The summed E-state index contributed by atoms with van der Waals surface area (Å²) in [6.07, 6.45) is 3.67. The fraction of sp³-hybridized carbons (Fsp3) is 0.318. The maximum Gasteiger partial charge on any atom is 0.322 e. The minimum Gasteiger partial charge on any atom is -0.403 e. The topological polar surface area (TPSA) is 105 Å². The molecule has 0 radical (unpaired) electrons. The van der Waals surface area contributed by atoms with Crippen molar-refractivity contribution in [3.8, 4) is 11.5 Å². The number of hydrogen-bond donors (Lipinski definition) is 1. The highest BCUT2D eigenvalue weighted by Gasteiger charge is 2.23. The van der Waals surface area contributed by atoms with Crippen molar-refractivity contribution < 1.29 is 17.6 Å². The molecule has 1 aromatic heterocycles. The highest BCUT2D eigenvalue weighted by Crippen LogP contribution is 2.25. The van der Waals surface area contributed by atoms with Gasteiger partial charge in [-0.3, -0.25) is 10.1 Å². The van der Waals surface area contributed by atoms with Crippen LogP contribution in [-0.2, 0) is 10.0 Å². The fourth-order valence-electron chi connectivity index (χ4n) is 3.03. The van der Waals surface area contributed by atoms with Gasteiger partial charge in [-0.1, -0.05) is 31.4 Å². The zero-order valence-electron chi connectivity index (χ0n) is 18.2. The lowest BCUT2D eigenvalue weighted by atomic mass is 10.2. The van der Waals surface area contributed by atoms with Crippen molar-refractivity contribution in [2.24, 2.45) is 0 Å². The molecular weight excluding hydrogens is 448 g/mol. The third-order valence-electron chi connectivity index (χ3n) is 4.83. The third kappa shape index (κ3) is 5.56. The second-order valence-electron chi connectivity index (χ2n) is 6.97. The molecule has 1 N–H and O–H groups in total. The van der Waals surface area contributed by atoms with Gasteiger partial charge in [-0.2, -0.15) is 4.31 Å². The molecule has 170 valence electrons. The minimum atomic E-state index is -3.60. The highest BCUT2D eigenvalue weighted by molar-refractivity contribution is 7.98. The molecular formula is C22H26N4O4S2. The lowest BCUT2D eigenvalue weighted by Gasteiger charge is -2.20. The first-order valence-corrected chi connectivity index (χ1v) is 12.9. The van der Waals surface area contributed by atoms with E-state index in [1.54, 1.807) is 11.8 Å². The van der Waals surface area contributed by atoms with Crippen molar-refractivity contribution in [2.75, 3.05) is 24.7 Å². The molecule has 10 heteroatoms. The minimum absolute atomic E-state index is 0.0343. The van der Waals surface area contributed by atoms with Crippen molar-refractivity contribution in [1.82, 2.24) is 14.5 Å². The van der Waals surface area contributed by atoms with Gasteiger partial charge in [0.05, 0.1) is 4.90 Å². The smallest absolute Gasteiger partial charge is 0.322 e. The predicted octanol–water partition coefficient (Wildman–Crippen LogP) is 4.52. The van der Waals surface area contributed by atoms with Crippen LogP contribution in [0.3, 0.4) is 0 Å². The van der Waals surface area contributed by atoms with Crippen LogP contribution in [0.2, 0.25) is 0 Å². The van der Waals surface area contributed by atoms with E-state index in [4.69, 9.17) is 4.42 Å². The van der Waals surface area contributed by atoms with Crippen molar-refractivity contribution in [3.63, 3.8) is 0 Å². The molecule has 1 amide bonds. The predicted molar refractivity (Wildman–Crippen MR) is 125 cm³/mol. The summed E-state index contributed by atoms with van der Waals surface area (Å²) >= 11 is 1.60. The van der Waals surface area contributed by atoms with Crippen LogP contribution in [0, 0.1) is 0 Å². The number of anilines is 1. The quantitative estimate of drug-likeness (QED) is 0.431. The van der Waals surface area contributed by atoms with Crippen LogP contribution in [0.15, 0.2) is 62.7 Å². The van der Waals surface area contributed by atoms with Crippen molar-refractivity contribution >= 4 is 33.7 Å². The molecule has 32 heavy (non-hydrogen) atoms. The van der Waals surface area contributed by atoms with Crippen molar-refractivity contribution in [1.29, 1.82) is 0 Å². The molecule has 0 aliphatic carbocycles. The number of amides is 1. The van der Waals surface area contributed by atoms with Gasteiger partial charge in [0, 0.05) is 29.1 Å². The van der Waals surface area contributed by atoms with Gasteiger partial charge in [-0.15, -0.1) is 16.9 Å². The molecule has 3 rings (SSSR count). The summed E-state index contributed by atoms with van der Waals surface area (Å²) < 4.78 is 32.6. The Labute approximate surface area is 192 Å². The largest absolute Gasteiger partial charge is 0.403 e. The van der Waals surface area contributed by atoms with E-state index in [0.717, 1.165) is 23.3 Å². The second kappa shape index (κ2) is 10.8. The number of aromatic nitrogens is 2. The normalized spacial score (nSPS) is 11.6. The van der Waals surface area contributed by atoms with Crippen molar-refractivity contribution in [3.05, 3.63) is 54.1 Å². The van der Waals surface area contributed by atoms with Crippen LogP contribution >= 0.6 is 11.8 Å². The number of thioether (sulfide) groups is 1. The molecule has 3 aromatic rings. The summed E-state index contributed by atoms with van der Waals surface area (Å²) in [5, 5.41) is 10.4. The maximum atomic E-state index is 12.8. The van der Waals surface area contributed by atoms with E-state index in [9.17, 15) is 13.2 Å². The number of nitrogens with zero attached hydrogens (tertiary/aromatic N) is 3. The first-order valence-electron chi connectivity index (χ1n) is 10.3. The zero-order chi connectivity index (χ0) is 23.1. The number of nitrogens with one attached hydrogen (secondary N) is 1. The van der Waals surface area contributed by atoms with Crippen LogP contribution in [0.4, 0.5) is 6.01 Å². The molecule has 0 unspecified atom stereocenters. The van der Waals surface area contributed by atoms with E-state index in [0.29, 0.717) is 19.0 Å². The van der Waals surface area contributed by atoms with E-state index >= 15 is 0 Å². The average molecular weight is 475 g/mol. The summed E-state index contributed by atoms with van der Waals surface area (Å²) in [5.74, 6) is -0.176. The van der Waals surface area contributed by atoms with E-state index in [1.165, 1.54) is 28.6 Å². The van der Waals surface area contributed by atoms with Crippen LogP contribution in [-0.4, -0.2) is 48.2 Å². The van der Waals surface area contributed by atoms with Crippen LogP contribution < -0.4 is 5.32 Å². The number of rotatable bonds is 10. The Kier molecular flexibility index (Phi) is 8.05. The van der Waals surface area contributed by atoms with Crippen molar-refractivity contribution in [2.45, 2.75) is 36.5 Å². The van der Waals surface area contributed by atoms with E-state index in [2.05, 4.69) is 15.5 Å². The molecule has 8 nitrogen and oxygen atoms in total. The highest BCUT2D eigenvalue weighted by atomic mass is 32.2. The molecule has 0 aliphatic heterocycles. The lowest BCUT2D eigenvalue weighted by Crippen LogP contribution is -2.31. The van der Waals surface area contributed by atoms with E-state index in [1.807, 2.05) is 44.4 Å². The molecule has 0 fully saturated rings. The average Bonchev–Trinajstić information content (AvgIpc) is 3.28. The van der Waals surface area contributed by atoms with E-state index in [-0.39, 0.29) is 16.5 Å². The van der Waals surface area contributed by atoms with E-state index < -0.39 is 15.9 Å². The molecule has 0 spiro atoms. The number of hydrogen-bond acceptors (Lipinski definition) is 7. The summed E-state index contributed by atoms with van der Waals surface area (Å²) in [5.41, 5.74) is 1.03. The Morgan fingerprint density at radius 3 is 2.53 bits per heavy atom. The summed E-state index contributed by atoms with van der Waals surface area (Å²) in [6, 6.07) is 13.4. The van der Waals surface area contributed by atoms with Gasteiger partial charge in [0.25, 0.3) is 5.91 Å². The molecule has 2 aromatic carbocycles. The number of carbonyl (C=O) groups is 1. The summed E-state index contributed by atoms with van der Waals surface area (Å²) in [7, 11) is -3.60.